The summed E-state index contributed by atoms with van der Waals surface area (Å²) in [6, 6.07) is 18.6. The van der Waals surface area contributed by atoms with Gasteiger partial charge in [0, 0.05) is 18.0 Å². The second-order valence-electron chi connectivity index (χ2n) is 5.02. The Morgan fingerprint density at radius 2 is 1.71 bits per heavy atom. The van der Waals surface area contributed by atoms with E-state index in [0.29, 0.717) is 6.42 Å². The topological polar surface area (TPSA) is 56.0 Å². The number of Topliss-reactive ketones (excluding diaryl/α,β-unsaturated/α-hetero) is 1. The van der Waals surface area contributed by atoms with Crippen LogP contribution in [0.3, 0.4) is 0 Å². The molecule has 0 aliphatic heterocycles. The number of nitrogens with two attached hydrogens (primary N) is 1. The van der Waals surface area contributed by atoms with E-state index >= 15 is 0 Å². The Bertz CT molecular complexity index is 763. The molecule has 0 fully saturated rings. The first kappa shape index (κ1) is 13.5. The third-order valence-corrected chi connectivity index (χ3v) is 3.61. The smallest absolute Gasteiger partial charge is 0.158 e. The quantitative estimate of drug-likeness (QED) is 0.796. The van der Waals surface area contributed by atoms with Crippen molar-refractivity contribution in [3.8, 4) is 0 Å². The second kappa shape index (κ2) is 5.85. The summed E-state index contributed by atoms with van der Waals surface area (Å²) in [4.78, 5) is 16.7. The predicted molar refractivity (Wildman–Crippen MR) is 83.8 cm³/mol. The molecule has 2 N–H and O–H groups in total. The molecule has 0 amide bonds. The molecule has 1 atom stereocenters. The average Bonchev–Trinajstić information content (AvgIpc) is 2.55. The number of fused-ring (bicyclic) bond motifs is 1. The molecule has 0 spiro atoms. The monoisotopic (exact) mass is 276 g/mol. The first-order valence-electron chi connectivity index (χ1n) is 6.91. The molecule has 0 aliphatic carbocycles. The fraction of sp³-hybridized carbons (Fsp3) is 0.111. The molecule has 0 unspecified atom stereocenters. The van der Waals surface area contributed by atoms with Gasteiger partial charge in [0.25, 0.3) is 0 Å². The van der Waals surface area contributed by atoms with Gasteiger partial charge in [0.15, 0.2) is 5.78 Å². The van der Waals surface area contributed by atoms with E-state index in [0.717, 1.165) is 22.0 Å². The molecule has 3 heteroatoms. The summed E-state index contributed by atoms with van der Waals surface area (Å²) in [5.74, 6) is 0.0116. The van der Waals surface area contributed by atoms with Crippen molar-refractivity contribution in [3.05, 3.63) is 78.0 Å². The summed E-state index contributed by atoms with van der Waals surface area (Å²) in [5, 5.41) is 1.01. The van der Waals surface area contributed by atoms with E-state index in [1.54, 1.807) is 6.20 Å². The minimum atomic E-state index is -0.585. The lowest BCUT2D eigenvalue weighted by Gasteiger charge is -2.12. The number of nitrogens with zero attached hydrogens (tertiary/aromatic N) is 1. The average molecular weight is 276 g/mol. The van der Waals surface area contributed by atoms with Gasteiger partial charge in [-0.2, -0.15) is 0 Å². The number of carbonyl (C=O) groups is 1. The Kier molecular flexibility index (Phi) is 3.75. The maximum absolute atomic E-state index is 12.4. The van der Waals surface area contributed by atoms with Gasteiger partial charge in [-0.1, -0.05) is 48.5 Å². The van der Waals surface area contributed by atoms with Crippen LogP contribution >= 0.6 is 0 Å². The van der Waals surface area contributed by atoms with Gasteiger partial charge in [-0.3, -0.25) is 9.78 Å². The molecule has 0 saturated carbocycles. The van der Waals surface area contributed by atoms with Gasteiger partial charge in [-0.05, 0) is 23.3 Å². The predicted octanol–water partition coefficient (Wildman–Crippen LogP) is 3.05. The highest BCUT2D eigenvalue weighted by molar-refractivity contribution is 5.91. The Hall–Kier alpha value is -2.52. The summed E-state index contributed by atoms with van der Waals surface area (Å²) in [5.41, 5.74) is 8.78. The fourth-order valence-electron chi connectivity index (χ4n) is 2.45. The van der Waals surface area contributed by atoms with Crippen LogP contribution in [-0.2, 0) is 11.2 Å². The molecule has 2 aromatic carbocycles. The van der Waals surface area contributed by atoms with Crippen molar-refractivity contribution in [1.82, 2.24) is 4.98 Å². The highest BCUT2D eigenvalue weighted by Gasteiger charge is 2.16. The Morgan fingerprint density at radius 1 is 1.00 bits per heavy atom. The number of rotatable bonds is 4. The van der Waals surface area contributed by atoms with Crippen molar-refractivity contribution in [1.29, 1.82) is 0 Å². The van der Waals surface area contributed by atoms with E-state index < -0.39 is 6.04 Å². The van der Waals surface area contributed by atoms with Gasteiger partial charge in [0.1, 0.15) is 0 Å². The lowest BCUT2D eigenvalue weighted by molar-refractivity contribution is -0.119. The van der Waals surface area contributed by atoms with E-state index in [9.17, 15) is 4.79 Å². The Balaban J connectivity index is 1.87. The first-order valence-corrected chi connectivity index (χ1v) is 6.91. The number of para-hydroxylation sites is 1. The summed E-state index contributed by atoms with van der Waals surface area (Å²) < 4.78 is 0. The Labute approximate surface area is 123 Å². The van der Waals surface area contributed by atoms with Crippen LogP contribution in [0.25, 0.3) is 10.9 Å². The van der Waals surface area contributed by atoms with E-state index in [1.807, 2.05) is 60.7 Å². The minimum absolute atomic E-state index is 0.0116. The SMILES string of the molecule is N[C@@H](C(=O)Cc1ccnc2ccccc12)c1ccccc1. The van der Waals surface area contributed by atoms with Gasteiger partial charge in [0.2, 0.25) is 0 Å². The highest BCUT2D eigenvalue weighted by atomic mass is 16.1. The van der Waals surface area contributed by atoms with Crippen LogP contribution in [0.4, 0.5) is 0 Å². The summed E-state index contributed by atoms with van der Waals surface area (Å²) in [7, 11) is 0. The molecular weight excluding hydrogens is 260 g/mol. The van der Waals surface area contributed by atoms with Crippen LogP contribution in [0.1, 0.15) is 17.2 Å². The normalized spacial score (nSPS) is 12.2. The molecule has 0 radical (unpaired) electrons. The minimum Gasteiger partial charge on any atom is -0.318 e. The van der Waals surface area contributed by atoms with E-state index in [-0.39, 0.29) is 5.78 Å². The number of hydrogen-bond acceptors (Lipinski definition) is 3. The van der Waals surface area contributed by atoms with Crippen LogP contribution in [0.5, 0.6) is 0 Å². The number of ketones is 1. The number of hydrogen-bond donors (Lipinski definition) is 1. The van der Waals surface area contributed by atoms with E-state index in [1.165, 1.54) is 0 Å². The largest absolute Gasteiger partial charge is 0.318 e. The van der Waals surface area contributed by atoms with Crippen molar-refractivity contribution < 1.29 is 4.79 Å². The van der Waals surface area contributed by atoms with Crippen molar-refractivity contribution in [2.45, 2.75) is 12.5 Å². The number of carbonyl (C=O) groups excluding carboxylic acids is 1. The Morgan fingerprint density at radius 3 is 2.52 bits per heavy atom. The van der Waals surface area contributed by atoms with Crippen LogP contribution < -0.4 is 5.73 Å². The van der Waals surface area contributed by atoms with Gasteiger partial charge < -0.3 is 5.73 Å². The first-order chi connectivity index (χ1) is 10.3. The number of pyridine rings is 1. The summed E-state index contributed by atoms with van der Waals surface area (Å²) in [6.07, 6.45) is 2.05. The zero-order valence-corrected chi connectivity index (χ0v) is 11.6. The lowest BCUT2D eigenvalue weighted by atomic mass is 9.97. The van der Waals surface area contributed by atoms with Gasteiger partial charge >= 0.3 is 0 Å². The standard InChI is InChI=1S/C18H16N2O/c19-18(13-6-2-1-3-7-13)17(21)12-14-10-11-20-16-9-5-4-8-15(14)16/h1-11,18H,12,19H2/t18-/m1/s1. The van der Waals surface area contributed by atoms with Crippen LogP contribution in [0.2, 0.25) is 0 Å². The van der Waals surface area contributed by atoms with Crippen molar-refractivity contribution in [2.24, 2.45) is 5.73 Å². The lowest BCUT2D eigenvalue weighted by Crippen LogP contribution is -2.23. The van der Waals surface area contributed by atoms with Crippen molar-refractivity contribution in [3.63, 3.8) is 0 Å². The zero-order valence-electron chi connectivity index (χ0n) is 11.6. The number of benzene rings is 2. The summed E-state index contributed by atoms with van der Waals surface area (Å²) >= 11 is 0. The molecule has 0 aliphatic rings. The van der Waals surface area contributed by atoms with Crippen LogP contribution in [-0.4, -0.2) is 10.8 Å². The maximum Gasteiger partial charge on any atom is 0.158 e. The number of aromatic nitrogens is 1. The molecule has 104 valence electrons. The van der Waals surface area contributed by atoms with E-state index in [4.69, 9.17) is 5.73 Å². The van der Waals surface area contributed by atoms with Gasteiger partial charge in [-0.25, -0.2) is 0 Å². The highest BCUT2D eigenvalue weighted by Crippen LogP contribution is 2.19. The molecule has 1 heterocycles. The molecule has 1 aromatic heterocycles. The molecule has 3 nitrogen and oxygen atoms in total. The van der Waals surface area contributed by atoms with Crippen LogP contribution in [0, 0.1) is 0 Å². The molecule has 0 saturated heterocycles. The maximum atomic E-state index is 12.4. The van der Waals surface area contributed by atoms with Gasteiger partial charge in [-0.15, -0.1) is 0 Å². The second-order valence-corrected chi connectivity index (χ2v) is 5.02. The van der Waals surface area contributed by atoms with Gasteiger partial charge in [0.05, 0.1) is 11.6 Å². The fourth-order valence-corrected chi connectivity index (χ4v) is 2.45. The molecule has 0 bridgehead atoms. The molecular formula is C18H16N2O. The zero-order chi connectivity index (χ0) is 14.7. The molecule has 3 rings (SSSR count). The van der Waals surface area contributed by atoms with Crippen LogP contribution in [0.15, 0.2) is 66.9 Å². The van der Waals surface area contributed by atoms with E-state index in [2.05, 4.69) is 4.98 Å². The molecule has 3 aromatic rings. The van der Waals surface area contributed by atoms with Crippen molar-refractivity contribution >= 4 is 16.7 Å². The third kappa shape index (κ3) is 2.83. The summed E-state index contributed by atoms with van der Waals surface area (Å²) in [6.45, 7) is 0. The molecule has 21 heavy (non-hydrogen) atoms. The van der Waals surface area contributed by atoms with Crippen molar-refractivity contribution in [2.75, 3.05) is 0 Å². The third-order valence-electron chi connectivity index (χ3n) is 3.61.